The molecule has 1 aliphatic rings. The van der Waals surface area contributed by atoms with Gasteiger partial charge in [-0.1, -0.05) is 18.2 Å². The van der Waals surface area contributed by atoms with Gasteiger partial charge in [0.05, 0.1) is 12.1 Å². The molecule has 0 saturated carbocycles. The first-order valence-electron chi connectivity index (χ1n) is 5.24. The zero-order chi connectivity index (χ0) is 10.1. The second kappa shape index (κ2) is 3.71. The molecule has 0 unspecified atom stereocenters. The number of benzene rings is 1. The molecule has 0 aromatic heterocycles. The summed E-state index contributed by atoms with van der Waals surface area (Å²) in [6.07, 6.45) is 3.03. The first-order chi connectivity index (χ1) is 6.70. The van der Waals surface area contributed by atoms with E-state index < -0.39 is 6.10 Å². The predicted molar refractivity (Wildman–Crippen MR) is 57.1 cm³/mol. The molecule has 0 bridgehead atoms. The van der Waals surface area contributed by atoms with Crippen molar-refractivity contribution in [3.05, 3.63) is 34.9 Å². The predicted octanol–water partition coefficient (Wildman–Crippen LogP) is 1.56. The molecule has 0 fully saturated rings. The highest BCUT2D eigenvalue weighted by molar-refractivity contribution is 5.40. The van der Waals surface area contributed by atoms with Crippen molar-refractivity contribution in [1.82, 2.24) is 0 Å². The lowest BCUT2D eigenvalue weighted by atomic mass is 9.95. The van der Waals surface area contributed by atoms with Crippen LogP contribution in [-0.4, -0.2) is 11.2 Å². The SMILES string of the molecule is C[C@@H](O)[C@H](N)c1cccc2c1CCC2. The number of aliphatic hydroxyl groups is 1. The standard InChI is InChI=1S/C12H17NO/c1-8(14)12(13)11-7-3-5-9-4-2-6-10(9)11/h3,5,7-8,12,14H,2,4,6,13H2,1H3/t8-,12+/m1/s1. The van der Waals surface area contributed by atoms with Crippen LogP contribution in [0.5, 0.6) is 0 Å². The van der Waals surface area contributed by atoms with Gasteiger partial charge in [-0.3, -0.25) is 0 Å². The summed E-state index contributed by atoms with van der Waals surface area (Å²) < 4.78 is 0. The van der Waals surface area contributed by atoms with Crippen LogP contribution in [0.1, 0.15) is 36.1 Å². The van der Waals surface area contributed by atoms with Crippen molar-refractivity contribution in [3.63, 3.8) is 0 Å². The van der Waals surface area contributed by atoms with Crippen LogP contribution in [0.15, 0.2) is 18.2 Å². The molecule has 2 heteroatoms. The zero-order valence-electron chi connectivity index (χ0n) is 8.53. The Hall–Kier alpha value is -0.860. The van der Waals surface area contributed by atoms with Gasteiger partial charge in [0.25, 0.3) is 0 Å². The molecule has 0 heterocycles. The summed E-state index contributed by atoms with van der Waals surface area (Å²) in [4.78, 5) is 0. The second-order valence-electron chi connectivity index (χ2n) is 4.10. The Kier molecular flexibility index (Phi) is 2.57. The lowest BCUT2D eigenvalue weighted by molar-refractivity contribution is 0.164. The number of hydrogen-bond donors (Lipinski definition) is 2. The molecule has 2 rings (SSSR count). The monoisotopic (exact) mass is 191 g/mol. The van der Waals surface area contributed by atoms with E-state index in [9.17, 15) is 5.11 Å². The summed E-state index contributed by atoms with van der Waals surface area (Å²) in [5.41, 5.74) is 9.89. The molecule has 0 radical (unpaired) electrons. The average Bonchev–Trinajstić information content (AvgIpc) is 2.63. The van der Waals surface area contributed by atoms with Gasteiger partial charge in [0, 0.05) is 0 Å². The van der Waals surface area contributed by atoms with Gasteiger partial charge in [0.1, 0.15) is 0 Å². The van der Waals surface area contributed by atoms with Crippen LogP contribution in [0.2, 0.25) is 0 Å². The van der Waals surface area contributed by atoms with Gasteiger partial charge in [-0.15, -0.1) is 0 Å². The lowest BCUT2D eigenvalue weighted by Crippen LogP contribution is -2.24. The Balaban J connectivity index is 2.39. The van der Waals surface area contributed by atoms with E-state index in [1.807, 2.05) is 12.1 Å². The van der Waals surface area contributed by atoms with Gasteiger partial charge in [-0.05, 0) is 42.9 Å². The molecule has 1 aromatic rings. The highest BCUT2D eigenvalue weighted by Crippen LogP contribution is 2.29. The van der Waals surface area contributed by atoms with Gasteiger partial charge in [-0.2, -0.15) is 0 Å². The van der Waals surface area contributed by atoms with Crippen LogP contribution >= 0.6 is 0 Å². The lowest BCUT2D eigenvalue weighted by Gasteiger charge is -2.18. The first kappa shape index (κ1) is 9.69. The Bertz CT molecular complexity index is 333. The maximum absolute atomic E-state index is 9.48. The van der Waals surface area contributed by atoms with Crippen LogP contribution in [0.25, 0.3) is 0 Å². The van der Waals surface area contributed by atoms with E-state index in [1.54, 1.807) is 6.92 Å². The molecule has 2 nitrogen and oxygen atoms in total. The second-order valence-corrected chi connectivity index (χ2v) is 4.10. The Morgan fingerprint density at radius 1 is 1.36 bits per heavy atom. The van der Waals surface area contributed by atoms with Crippen LogP contribution in [0.4, 0.5) is 0 Å². The van der Waals surface area contributed by atoms with Crippen molar-refractivity contribution in [2.24, 2.45) is 5.73 Å². The molecule has 1 aromatic carbocycles. The summed E-state index contributed by atoms with van der Waals surface area (Å²) in [6, 6.07) is 6.02. The number of nitrogens with two attached hydrogens (primary N) is 1. The van der Waals surface area contributed by atoms with Gasteiger partial charge >= 0.3 is 0 Å². The topological polar surface area (TPSA) is 46.2 Å². The fourth-order valence-electron chi connectivity index (χ4n) is 2.22. The fourth-order valence-corrected chi connectivity index (χ4v) is 2.22. The zero-order valence-corrected chi connectivity index (χ0v) is 8.53. The Morgan fingerprint density at radius 2 is 2.14 bits per heavy atom. The summed E-state index contributed by atoms with van der Waals surface area (Å²) in [5.74, 6) is 0. The quantitative estimate of drug-likeness (QED) is 0.745. The molecule has 0 saturated heterocycles. The van der Waals surface area contributed by atoms with Gasteiger partial charge < -0.3 is 10.8 Å². The third kappa shape index (κ3) is 1.56. The number of hydrogen-bond acceptors (Lipinski definition) is 2. The fraction of sp³-hybridized carbons (Fsp3) is 0.500. The van der Waals surface area contributed by atoms with Crippen molar-refractivity contribution in [3.8, 4) is 0 Å². The van der Waals surface area contributed by atoms with E-state index in [-0.39, 0.29) is 6.04 Å². The smallest absolute Gasteiger partial charge is 0.0704 e. The number of aliphatic hydroxyl groups excluding tert-OH is 1. The molecule has 0 aliphatic heterocycles. The van der Waals surface area contributed by atoms with Crippen molar-refractivity contribution in [1.29, 1.82) is 0 Å². The van der Waals surface area contributed by atoms with Gasteiger partial charge in [0.2, 0.25) is 0 Å². The summed E-state index contributed by atoms with van der Waals surface area (Å²) >= 11 is 0. The number of rotatable bonds is 2. The molecule has 1 aliphatic carbocycles. The molecule has 76 valence electrons. The van der Waals surface area contributed by atoms with Crippen LogP contribution in [0, 0.1) is 0 Å². The summed E-state index contributed by atoms with van der Waals surface area (Å²) in [6.45, 7) is 1.75. The van der Waals surface area contributed by atoms with E-state index in [4.69, 9.17) is 5.73 Å². The number of aryl methyl sites for hydroxylation is 1. The molecular weight excluding hydrogens is 174 g/mol. The third-order valence-electron chi connectivity index (χ3n) is 3.06. The van der Waals surface area contributed by atoms with E-state index in [0.29, 0.717) is 0 Å². The minimum Gasteiger partial charge on any atom is -0.391 e. The average molecular weight is 191 g/mol. The maximum Gasteiger partial charge on any atom is 0.0704 e. The van der Waals surface area contributed by atoms with Crippen LogP contribution < -0.4 is 5.73 Å². The van der Waals surface area contributed by atoms with E-state index in [0.717, 1.165) is 18.4 Å². The highest BCUT2D eigenvalue weighted by atomic mass is 16.3. The highest BCUT2D eigenvalue weighted by Gasteiger charge is 2.20. The molecule has 0 amide bonds. The van der Waals surface area contributed by atoms with Gasteiger partial charge in [0.15, 0.2) is 0 Å². The van der Waals surface area contributed by atoms with Crippen LogP contribution in [0.3, 0.4) is 0 Å². The molecular formula is C12H17NO. The third-order valence-corrected chi connectivity index (χ3v) is 3.06. The molecule has 0 spiro atoms. The molecule has 14 heavy (non-hydrogen) atoms. The minimum absolute atomic E-state index is 0.233. The maximum atomic E-state index is 9.48. The first-order valence-corrected chi connectivity index (χ1v) is 5.24. The van der Waals surface area contributed by atoms with Crippen LogP contribution in [-0.2, 0) is 12.8 Å². The summed E-state index contributed by atoms with van der Waals surface area (Å²) in [5, 5.41) is 9.48. The normalized spacial score (nSPS) is 19.1. The Labute approximate surface area is 84.7 Å². The Morgan fingerprint density at radius 3 is 2.86 bits per heavy atom. The van der Waals surface area contributed by atoms with E-state index >= 15 is 0 Å². The van der Waals surface area contributed by atoms with E-state index in [2.05, 4.69) is 6.07 Å². The van der Waals surface area contributed by atoms with Crippen molar-refractivity contribution in [2.45, 2.75) is 38.3 Å². The minimum atomic E-state index is -0.470. The van der Waals surface area contributed by atoms with E-state index in [1.165, 1.54) is 17.5 Å². The molecule has 2 atom stereocenters. The largest absolute Gasteiger partial charge is 0.391 e. The van der Waals surface area contributed by atoms with Crippen molar-refractivity contribution >= 4 is 0 Å². The molecule has 3 N–H and O–H groups in total. The van der Waals surface area contributed by atoms with Crippen molar-refractivity contribution < 1.29 is 5.11 Å². The van der Waals surface area contributed by atoms with Gasteiger partial charge in [-0.25, -0.2) is 0 Å². The number of fused-ring (bicyclic) bond motifs is 1. The summed E-state index contributed by atoms with van der Waals surface area (Å²) in [7, 11) is 0. The van der Waals surface area contributed by atoms with Crippen molar-refractivity contribution in [2.75, 3.05) is 0 Å².